The van der Waals surface area contributed by atoms with Gasteiger partial charge in [-0.1, -0.05) is 23.2 Å². The van der Waals surface area contributed by atoms with Gasteiger partial charge in [-0.3, -0.25) is 14.5 Å². The van der Waals surface area contributed by atoms with Gasteiger partial charge < -0.3 is 9.84 Å². The standard InChI is InChI=1S/C23H16Cl2FNO4S/c1-11-7-8-32-22(11)18-17(19(28)15-9-12(24)10-16(25)21(15)31-2)20(29)23(30)27(18)14-5-3-13(26)4-6-14/h3-10,18,28H,1-2H3/b19-17+. The minimum absolute atomic E-state index is 0.0846. The first-order chi connectivity index (χ1) is 15.2. The number of thiophene rings is 1. The average molecular weight is 492 g/mol. The summed E-state index contributed by atoms with van der Waals surface area (Å²) in [5, 5.41) is 13.4. The summed E-state index contributed by atoms with van der Waals surface area (Å²) >= 11 is 13.7. The number of halogens is 3. The van der Waals surface area contributed by atoms with Crippen molar-refractivity contribution in [3.63, 3.8) is 0 Å². The molecule has 0 bridgehead atoms. The van der Waals surface area contributed by atoms with E-state index in [1.807, 2.05) is 18.4 Å². The monoisotopic (exact) mass is 491 g/mol. The Morgan fingerprint density at radius 2 is 1.84 bits per heavy atom. The second-order valence-corrected chi connectivity index (χ2v) is 8.87. The molecule has 1 fully saturated rings. The summed E-state index contributed by atoms with van der Waals surface area (Å²) in [4.78, 5) is 28.2. The van der Waals surface area contributed by atoms with Crippen molar-refractivity contribution in [1.29, 1.82) is 0 Å². The summed E-state index contributed by atoms with van der Waals surface area (Å²) in [6.45, 7) is 1.84. The normalized spacial score (nSPS) is 17.8. The molecule has 0 saturated carbocycles. The summed E-state index contributed by atoms with van der Waals surface area (Å²) in [7, 11) is 1.36. The second-order valence-electron chi connectivity index (χ2n) is 7.08. The highest BCUT2D eigenvalue weighted by Gasteiger charge is 2.48. The van der Waals surface area contributed by atoms with Gasteiger partial charge in [-0.15, -0.1) is 11.3 Å². The zero-order chi connectivity index (χ0) is 23.2. The van der Waals surface area contributed by atoms with Gasteiger partial charge in [0.2, 0.25) is 0 Å². The third-order valence-corrected chi connectivity index (χ3v) is 6.74. The van der Waals surface area contributed by atoms with E-state index in [1.165, 1.54) is 59.7 Å². The fourth-order valence-electron chi connectivity index (χ4n) is 3.70. The Morgan fingerprint density at radius 1 is 1.16 bits per heavy atom. The highest BCUT2D eigenvalue weighted by molar-refractivity contribution is 7.10. The van der Waals surface area contributed by atoms with Gasteiger partial charge in [0.25, 0.3) is 11.7 Å². The lowest BCUT2D eigenvalue weighted by atomic mass is 9.97. The van der Waals surface area contributed by atoms with E-state index >= 15 is 0 Å². The number of rotatable bonds is 4. The molecule has 0 radical (unpaired) electrons. The molecule has 1 N–H and O–H groups in total. The number of aliphatic hydroxyl groups excluding tert-OH is 1. The van der Waals surface area contributed by atoms with Crippen molar-refractivity contribution >= 4 is 57.7 Å². The Kier molecular flexibility index (Phi) is 5.99. The van der Waals surface area contributed by atoms with Crippen molar-refractivity contribution in [1.82, 2.24) is 0 Å². The lowest BCUT2D eigenvalue weighted by molar-refractivity contribution is -0.132. The molecule has 5 nitrogen and oxygen atoms in total. The first-order valence-electron chi connectivity index (χ1n) is 9.38. The van der Waals surface area contributed by atoms with E-state index in [0.29, 0.717) is 10.6 Å². The van der Waals surface area contributed by atoms with Crippen molar-refractivity contribution < 1.29 is 23.8 Å². The first kappa shape index (κ1) is 22.3. The number of aryl methyl sites for hydroxylation is 1. The minimum Gasteiger partial charge on any atom is -0.507 e. The SMILES string of the molecule is COc1c(Cl)cc(Cl)cc1/C(O)=C1\C(=O)C(=O)N(c2ccc(F)cc2)C1c1sccc1C. The maximum absolute atomic E-state index is 13.5. The second kappa shape index (κ2) is 8.58. The maximum Gasteiger partial charge on any atom is 0.300 e. The zero-order valence-electron chi connectivity index (χ0n) is 16.9. The molecule has 0 aliphatic carbocycles. The van der Waals surface area contributed by atoms with Crippen molar-refractivity contribution in [2.24, 2.45) is 0 Å². The molecule has 9 heteroatoms. The van der Waals surface area contributed by atoms with Gasteiger partial charge in [0.05, 0.1) is 23.3 Å². The number of benzene rings is 2. The summed E-state index contributed by atoms with van der Waals surface area (Å²) in [5.74, 6) is -2.56. The molecule has 1 saturated heterocycles. The third-order valence-electron chi connectivity index (χ3n) is 5.17. The Balaban J connectivity index is 2.00. The predicted molar refractivity (Wildman–Crippen MR) is 123 cm³/mol. The van der Waals surface area contributed by atoms with Crippen LogP contribution < -0.4 is 9.64 Å². The molecule has 2 heterocycles. The lowest BCUT2D eigenvalue weighted by Crippen LogP contribution is -2.29. The van der Waals surface area contributed by atoms with E-state index in [2.05, 4.69) is 0 Å². The molecule has 2 aromatic carbocycles. The molecule has 1 aromatic heterocycles. The molecule has 32 heavy (non-hydrogen) atoms. The van der Waals surface area contributed by atoms with E-state index < -0.39 is 29.3 Å². The van der Waals surface area contributed by atoms with Gasteiger partial charge in [0.15, 0.2) is 0 Å². The molecule has 1 amide bonds. The maximum atomic E-state index is 13.5. The van der Waals surface area contributed by atoms with Crippen LogP contribution in [0, 0.1) is 12.7 Å². The van der Waals surface area contributed by atoms with Crippen LogP contribution in [-0.4, -0.2) is 23.9 Å². The topological polar surface area (TPSA) is 66.8 Å². The fraction of sp³-hybridized carbons (Fsp3) is 0.130. The predicted octanol–water partition coefficient (Wildman–Crippen LogP) is 6.14. The lowest BCUT2D eigenvalue weighted by Gasteiger charge is -2.25. The van der Waals surface area contributed by atoms with Crippen molar-refractivity contribution in [3.05, 3.63) is 85.3 Å². The van der Waals surface area contributed by atoms with Crippen molar-refractivity contribution in [2.75, 3.05) is 12.0 Å². The van der Waals surface area contributed by atoms with E-state index in [1.54, 1.807) is 0 Å². The number of hydrogen-bond acceptors (Lipinski definition) is 5. The smallest absolute Gasteiger partial charge is 0.300 e. The summed E-state index contributed by atoms with van der Waals surface area (Å²) in [6.07, 6.45) is 0. The van der Waals surface area contributed by atoms with Crippen LogP contribution in [0.25, 0.3) is 5.76 Å². The Morgan fingerprint density at radius 3 is 2.44 bits per heavy atom. The molecule has 1 atom stereocenters. The number of nitrogens with zero attached hydrogens (tertiary/aromatic N) is 1. The number of carbonyl (C=O) groups is 2. The molecule has 0 spiro atoms. The van der Waals surface area contributed by atoms with Gasteiger partial charge in [-0.05, 0) is 60.3 Å². The number of hydrogen-bond donors (Lipinski definition) is 1. The minimum atomic E-state index is -0.928. The molecule has 1 aliphatic heterocycles. The van der Waals surface area contributed by atoms with E-state index in [9.17, 15) is 19.1 Å². The van der Waals surface area contributed by atoms with Crippen LogP contribution in [0.4, 0.5) is 10.1 Å². The van der Waals surface area contributed by atoms with Gasteiger partial charge >= 0.3 is 0 Å². The number of aliphatic hydroxyl groups is 1. The molecule has 1 unspecified atom stereocenters. The summed E-state index contributed by atoms with van der Waals surface area (Å²) in [5.41, 5.74) is 1.10. The summed E-state index contributed by atoms with van der Waals surface area (Å²) < 4.78 is 18.8. The van der Waals surface area contributed by atoms with Crippen LogP contribution in [0.5, 0.6) is 5.75 Å². The van der Waals surface area contributed by atoms with E-state index in [4.69, 9.17) is 27.9 Å². The number of amides is 1. The van der Waals surface area contributed by atoms with E-state index in [0.717, 1.165) is 5.56 Å². The largest absolute Gasteiger partial charge is 0.507 e. The molecular formula is C23H16Cl2FNO4S. The number of methoxy groups -OCH3 is 1. The fourth-order valence-corrected chi connectivity index (χ4v) is 5.30. The molecule has 1 aliphatic rings. The molecule has 4 rings (SSSR count). The number of Topliss-reactive ketones (excluding diaryl/α,β-unsaturated/α-hetero) is 1. The van der Waals surface area contributed by atoms with Crippen LogP contribution in [-0.2, 0) is 9.59 Å². The Labute approximate surface area is 197 Å². The molecule has 3 aromatic rings. The van der Waals surface area contributed by atoms with Crippen molar-refractivity contribution in [2.45, 2.75) is 13.0 Å². The van der Waals surface area contributed by atoms with Gasteiger partial charge in [-0.25, -0.2) is 4.39 Å². The molecule has 164 valence electrons. The number of carbonyl (C=O) groups excluding carboxylic acids is 2. The first-order valence-corrected chi connectivity index (χ1v) is 11.0. The Bertz CT molecular complexity index is 1270. The summed E-state index contributed by atoms with van der Waals surface area (Å²) in [6, 6.07) is 8.99. The highest BCUT2D eigenvalue weighted by Crippen LogP contribution is 2.46. The van der Waals surface area contributed by atoms with Crippen LogP contribution in [0.15, 0.2) is 53.4 Å². The molecular weight excluding hydrogens is 476 g/mol. The average Bonchev–Trinajstić information content (AvgIpc) is 3.28. The number of ketones is 1. The highest BCUT2D eigenvalue weighted by atomic mass is 35.5. The van der Waals surface area contributed by atoms with Crippen LogP contribution >= 0.6 is 34.5 Å². The van der Waals surface area contributed by atoms with E-state index in [-0.39, 0.29) is 26.9 Å². The van der Waals surface area contributed by atoms with Gasteiger partial charge in [0, 0.05) is 15.6 Å². The van der Waals surface area contributed by atoms with Gasteiger partial charge in [0.1, 0.15) is 23.4 Å². The number of anilines is 1. The quantitative estimate of drug-likeness (QED) is 0.270. The van der Waals surface area contributed by atoms with Crippen LogP contribution in [0.1, 0.15) is 22.0 Å². The van der Waals surface area contributed by atoms with Crippen LogP contribution in [0.2, 0.25) is 10.0 Å². The zero-order valence-corrected chi connectivity index (χ0v) is 19.2. The Hall–Kier alpha value is -2.87. The van der Waals surface area contributed by atoms with Crippen molar-refractivity contribution in [3.8, 4) is 5.75 Å². The number of ether oxygens (including phenoxy) is 1. The third kappa shape index (κ3) is 3.66. The van der Waals surface area contributed by atoms with Crippen LogP contribution in [0.3, 0.4) is 0 Å². The van der Waals surface area contributed by atoms with Gasteiger partial charge in [-0.2, -0.15) is 0 Å².